The summed E-state index contributed by atoms with van der Waals surface area (Å²) < 4.78 is 40.0. The maximum atomic E-state index is 13.7. The van der Waals surface area contributed by atoms with Crippen LogP contribution in [-0.2, 0) is 16.6 Å². The van der Waals surface area contributed by atoms with Crippen molar-refractivity contribution in [2.45, 2.75) is 25.3 Å². The molecular formula is C17H20ClFN2O2S. The van der Waals surface area contributed by atoms with Crippen LogP contribution in [0.25, 0.3) is 0 Å². The molecule has 7 heteroatoms. The number of hydrogen-bond acceptors (Lipinski definition) is 3. The molecule has 1 N–H and O–H groups in total. The fraction of sp³-hybridized carbons (Fsp3) is 0.294. The summed E-state index contributed by atoms with van der Waals surface area (Å²) in [6.07, 6.45) is 0. The van der Waals surface area contributed by atoms with Gasteiger partial charge in [0.25, 0.3) is 0 Å². The third-order valence-corrected chi connectivity index (χ3v) is 6.15. The highest BCUT2D eigenvalue weighted by Gasteiger charge is 2.21. The van der Waals surface area contributed by atoms with Gasteiger partial charge in [0, 0.05) is 35.9 Å². The van der Waals surface area contributed by atoms with Crippen LogP contribution in [0.5, 0.6) is 0 Å². The van der Waals surface area contributed by atoms with Crippen molar-refractivity contribution in [3.05, 3.63) is 58.9 Å². The average Bonchev–Trinajstić information content (AvgIpc) is 2.55. The molecule has 0 saturated heterocycles. The Labute approximate surface area is 147 Å². The monoisotopic (exact) mass is 370 g/mol. The molecule has 0 saturated carbocycles. The predicted octanol–water partition coefficient (Wildman–Crippen LogP) is 4.12. The SMILES string of the molecule is CCN(CC)S(=O)(=O)c1ccc(NCc2c(F)cccc2Cl)cc1. The van der Waals surface area contributed by atoms with Gasteiger partial charge in [0.2, 0.25) is 10.0 Å². The van der Waals surface area contributed by atoms with Gasteiger partial charge in [-0.2, -0.15) is 4.31 Å². The average molecular weight is 371 g/mol. The van der Waals surface area contributed by atoms with Crippen LogP contribution in [0.1, 0.15) is 19.4 Å². The Kier molecular flexibility index (Phi) is 6.21. The van der Waals surface area contributed by atoms with E-state index < -0.39 is 10.0 Å². The zero-order valence-electron chi connectivity index (χ0n) is 13.6. The van der Waals surface area contributed by atoms with Gasteiger partial charge >= 0.3 is 0 Å². The molecule has 130 valence electrons. The predicted molar refractivity (Wildman–Crippen MR) is 95.3 cm³/mol. The second-order valence-corrected chi connectivity index (χ2v) is 7.51. The lowest BCUT2D eigenvalue weighted by molar-refractivity contribution is 0.445. The van der Waals surface area contributed by atoms with Gasteiger partial charge in [-0.05, 0) is 36.4 Å². The van der Waals surface area contributed by atoms with Crippen LogP contribution in [0.2, 0.25) is 5.02 Å². The number of hydrogen-bond donors (Lipinski definition) is 1. The van der Waals surface area contributed by atoms with Gasteiger partial charge in [-0.3, -0.25) is 0 Å². The van der Waals surface area contributed by atoms with Gasteiger partial charge in [-0.15, -0.1) is 0 Å². The number of nitrogens with zero attached hydrogens (tertiary/aromatic N) is 1. The van der Waals surface area contributed by atoms with E-state index in [1.54, 1.807) is 50.2 Å². The Hall–Kier alpha value is -1.63. The van der Waals surface area contributed by atoms with Crippen LogP contribution in [-0.4, -0.2) is 25.8 Å². The molecule has 0 heterocycles. The van der Waals surface area contributed by atoms with E-state index in [2.05, 4.69) is 5.32 Å². The van der Waals surface area contributed by atoms with E-state index in [1.807, 2.05) is 0 Å². The topological polar surface area (TPSA) is 49.4 Å². The van der Waals surface area contributed by atoms with Crippen LogP contribution >= 0.6 is 11.6 Å². The van der Waals surface area contributed by atoms with Crippen LogP contribution in [0, 0.1) is 5.82 Å². The Bertz CT molecular complexity index is 770. The quantitative estimate of drug-likeness (QED) is 0.797. The van der Waals surface area contributed by atoms with Gasteiger partial charge in [0.05, 0.1) is 4.90 Å². The molecule has 0 amide bonds. The lowest BCUT2D eigenvalue weighted by Gasteiger charge is -2.18. The number of benzene rings is 2. The van der Waals surface area contributed by atoms with Crippen molar-refractivity contribution in [2.75, 3.05) is 18.4 Å². The van der Waals surface area contributed by atoms with Crippen molar-refractivity contribution in [2.24, 2.45) is 0 Å². The third-order valence-electron chi connectivity index (χ3n) is 3.73. The Morgan fingerprint density at radius 3 is 2.25 bits per heavy atom. The first-order valence-electron chi connectivity index (χ1n) is 7.67. The highest BCUT2D eigenvalue weighted by molar-refractivity contribution is 7.89. The summed E-state index contributed by atoms with van der Waals surface area (Å²) in [4.78, 5) is 0.237. The number of rotatable bonds is 7. The van der Waals surface area contributed by atoms with Gasteiger partial charge in [0.15, 0.2) is 0 Å². The van der Waals surface area contributed by atoms with Crippen molar-refractivity contribution in [3.63, 3.8) is 0 Å². The molecule has 0 unspecified atom stereocenters. The highest BCUT2D eigenvalue weighted by Crippen LogP contribution is 2.22. The summed E-state index contributed by atoms with van der Waals surface area (Å²) in [5.41, 5.74) is 1.06. The maximum absolute atomic E-state index is 13.7. The second kappa shape index (κ2) is 7.96. The van der Waals surface area contributed by atoms with Gasteiger partial charge in [-0.1, -0.05) is 31.5 Å². The smallest absolute Gasteiger partial charge is 0.243 e. The molecule has 4 nitrogen and oxygen atoms in total. The fourth-order valence-electron chi connectivity index (χ4n) is 2.35. The summed E-state index contributed by atoms with van der Waals surface area (Å²) >= 11 is 5.98. The number of halogens is 2. The van der Waals surface area contributed by atoms with Crippen molar-refractivity contribution in [3.8, 4) is 0 Å². The van der Waals surface area contributed by atoms with Crippen LogP contribution in [0.4, 0.5) is 10.1 Å². The van der Waals surface area contributed by atoms with E-state index in [-0.39, 0.29) is 17.3 Å². The summed E-state index contributed by atoms with van der Waals surface area (Å²) in [5, 5.41) is 3.40. The van der Waals surface area contributed by atoms with E-state index in [0.29, 0.717) is 29.4 Å². The highest BCUT2D eigenvalue weighted by atomic mass is 35.5. The number of anilines is 1. The first kappa shape index (κ1) is 18.7. The summed E-state index contributed by atoms with van der Waals surface area (Å²) in [7, 11) is -3.47. The second-order valence-electron chi connectivity index (χ2n) is 5.17. The molecular weight excluding hydrogens is 351 g/mol. The van der Waals surface area contributed by atoms with Crippen molar-refractivity contribution in [1.29, 1.82) is 0 Å². The zero-order valence-corrected chi connectivity index (χ0v) is 15.2. The van der Waals surface area contributed by atoms with Crippen LogP contribution < -0.4 is 5.32 Å². The van der Waals surface area contributed by atoms with E-state index in [9.17, 15) is 12.8 Å². The largest absolute Gasteiger partial charge is 0.381 e. The molecule has 0 bridgehead atoms. The Balaban J connectivity index is 2.13. The maximum Gasteiger partial charge on any atom is 0.243 e. The molecule has 0 aliphatic rings. The Morgan fingerprint density at radius 2 is 1.71 bits per heavy atom. The minimum atomic E-state index is -3.47. The fourth-order valence-corrected chi connectivity index (χ4v) is 4.04. The summed E-state index contributed by atoms with van der Waals surface area (Å²) in [6, 6.07) is 10.9. The molecule has 0 radical (unpaired) electrons. The van der Waals surface area contributed by atoms with Crippen LogP contribution in [0.3, 0.4) is 0 Å². The molecule has 0 fully saturated rings. The van der Waals surface area contributed by atoms with E-state index in [4.69, 9.17) is 11.6 Å². The molecule has 0 aromatic heterocycles. The normalized spacial score (nSPS) is 11.7. The summed E-state index contributed by atoms with van der Waals surface area (Å²) in [5.74, 6) is -0.379. The third kappa shape index (κ3) is 4.06. The molecule has 2 aromatic carbocycles. The first-order chi connectivity index (χ1) is 11.4. The lowest BCUT2D eigenvalue weighted by Crippen LogP contribution is -2.30. The molecule has 2 aromatic rings. The first-order valence-corrected chi connectivity index (χ1v) is 9.49. The molecule has 0 spiro atoms. The number of nitrogens with one attached hydrogen (secondary N) is 1. The zero-order chi connectivity index (χ0) is 17.7. The molecule has 0 aliphatic carbocycles. The van der Waals surface area contributed by atoms with Crippen LogP contribution in [0.15, 0.2) is 47.4 Å². The Morgan fingerprint density at radius 1 is 1.08 bits per heavy atom. The molecule has 2 rings (SSSR count). The molecule has 0 aliphatic heterocycles. The number of sulfonamides is 1. The van der Waals surface area contributed by atoms with E-state index in [0.717, 1.165) is 0 Å². The van der Waals surface area contributed by atoms with E-state index in [1.165, 1.54) is 10.4 Å². The van der Waals surface area contributed by atoms with Crippen molar-refractivity contribution >= 4 is 27.3 Å². The van der Waals surface area contributed by atoms with Gasteiger partial charge in [-0.25, -0.2) is 12.8 Å². The molecule has 0 atom stereocenters. The van der Waals surface area contributed by atoms with Crippen molar-refractivity contribution < 1.29 is 12.8 Å². The van der Waals surface area contributed by atoms with E-state index >= 15 is 0 Å². The molecule has 24 heavy (non-hydrogen) atoms. The standard InChI is InChI=1S/C17H20ClFN2O2S/c1-3-21(4-2)24(22,23)14-10-8-13(9-11-14)20-12-15-16(18)6-5-7-17(15)19/h5-11,20H,3-4,12H2,1-2H3. The lowest BCUT2D eigenvalue weighted by atomic mass is 10.2. The summed E-state index contributed by atoms with van der Waals surface area (Å²) in [6.45, 7) is 4.66. The van der Waals surface area contributed by atoms with Gasteiger partial charge < -0.3 is 5.32 Å². The van der Waals surface area contributed by atoms with Crippen molar-refractivity contribution in [1.82, 2.24) is 4.31 Å². The minimum absolute atomic E-state index is 0.216. The van der Waals surface area contributed by atoms with Gasteiger partial charge in [0.1, 0.15) is 5.82 Å². The minimum Gasteiger partial charge on any atom is -0.381 e.